The lowest BCUT2D eigenvalue weighted by Gasteiger charge is -2.26. The van der Waals surface area contributed by atoms with E-state index in [1.165, 1.54) is 6.33 Å². The molecule has 0 aliphatic carbocycles. The van der Waals surface area contributed by atoms with E-state index < -0.39 is 0 Å². The highest BCUT2D eigenvalue weighted by molar-refractivity contribution is 6.17. The molecule has 0 bridgehead atoms. The minimum Gasteiger partial charge on any atom is -0.251 e. The molecule has 0 spiro atoms. The molecule has 0 N–H and O–H groups in total. The highest BCUT2D eigenvalue weighted by Crippen LogP contribution is 2.32. The quantitative estimate of drug-likeness (QED) is 0.510. The van der Waals surface area contributed by atoms with E-state index >= 15 is 0 Å². The van der Waals surface area contributed by atoms with E-state index in [2.05, 4.69) is 23.1 Å². The number of rotatable bonds is 9. The summed E-state index contributed by atoms with van der Waals surface area (Å²) in [5.41, 5.74) is -0.324. The summed E-state index contributed by atoms with van der Waals surface area (Å²) in [6, 6.07) is 2.52. The molecule has 0 saturated carbocycles. The molecule has 18 heavy (non-hydrogen) atoms. The number of nitrogens with zero attached hydrogens (tertiary/aromatic N) is 4. The smallest absolute Gasteiger partial charge is 0.137 e. The van der Waals surface area contributed by atoms with Crippen LogP contribution in [0.3, 0.4) is 0 Å². The lowest BCUT2D eigenvalue weighted by molar-refractivity contribution is 0.258. The SMILES string of the molecule is CCCCC(C#N)(CCCCCl)Cn1cncn1. The van der Waals surface area contributed by atoms with Crippen LogP contribution in [0.15, 0.2) is 12.7 Å². The van der Waals surface area contributed by atoms with Gasteiger partial charge in [0.25, 0.3) is 0 Å². The van der Waals surface area contributed by atoms with Crippen molar-refractivity contribution in [3.63, 3.8) is 0 Å². The zero-order valence-corrected chi connectivity index (χ0v) is 11.7. The first kappa shape index (κ1) is 15.0. The number of halogens is 1. The van der Waals surface area contributed by atoms with Gasteiger partial charge in [0.1, 0.15) is 12.7 Å². The molecule has 1 atom stereocenters. The maximum atomic E-state index is 9.56. The van der Waals surface area contributed by atoms with Gasteiger partial charge in [0.15, 0.2) is 0 Å². The molecule has 1 unspecified atom stereocenters. The van der Waals surface area contributed by atoms with E-state index in [0.717, 1.165) is 38.5 Å². The van der Waals surface area contributed by atoms with Crippen LogP contribution in [0.25, 0.3) is 0 Å². The minimum atomic E-state index is -0.324. The monoisotopic (exact) mass is 268 g/mol. The van der Waals surface area contributed by atoms with Gasteiger partial charge in [-0.2, -0.15) is 10.4 Å². The Kier molecular flexibility index (Phi) is 6.74. The Bertz CT molecular complexity index is 358. The second-order valence-corrected chi connectivity index (χ2v) is 5.11. The molecule has 1 rings (SSSR count). The van der Waals surface area contributed by atoms with Crippen molar-refractivity contribution in [2.45, 2.75) is 52.0 Å². The number of aromatic nitrogens is 3. The van der Waals surface area contributed by atoms with Crippen molar-refractivity contribution >= 4 is 11.6 Å². The Hall–Kier alpha value is -1.08. The predicted octanol–water partition coefficient (Wildman–Crippen LogP) is 3.39. The van der Waals surface area contributed by atoms with Crippen molar-refractivity contribution in [3.05, 3.63) is 12.7 Å². The van der Waals surface area contributed by atoms with Gasteiger partial charge >= 0.3 is 0 Å². The van der Waals surface area contributed by atoms with E-state index in [4.69, 9.17) is 11.6 Å². The van der Waals surface area contributed by atoms with Gasteiger partial charge in [-0.1, -0.05) is 26.2 Å². The van der Waals surface area contributed by atoms with Gasteiger partial charge in [0, 0.05) is 5.88 Å². The molecule has 0 saturated heterocycles. The molecule has 1 aromatic heterocycles. The Labute approximate surface area is 114 Å². The number of alkyl halides is 1. The molecular weight excluding hydrogens is 248 g/mol. The molecule has 4 nitrogen and oxygen atoms in total. The van der Waals surface area contributed by atoms with Crippen LogP contribution in [0.1, 0.15) is 45.4 Å². The van der Waals surface area contributed by atoms with Crippen molar-refractivity contribution < 1.29 is 0 Å². The Morgan fingerprint density at radius 2 is 2.11 bits per heavy atom. The molecule has 0 fully saturated rings. The molecule has 5 heteroatoms. The first-order valence-electron chi connectivity index (χ1n) is 6.56. The van der Waals surface area contributed by atoms with Gasteiger partial charge in [0.2, 0.25) is 0 Å². The first-order chi connectivity index (χ1) is 8.76. The minimum absolute atomic E-state index is 0.324. The van der Waals surface area contributed by atoms with Crippen LogP contribution in [-0.4, -0.2) is 20.6 Å². The average Bonchev–Trinajstić information content (AvgIpc) is 2.89. The zero-order valence-electron chi connectivity index (χ0n) is 11.0. The Morgan fingerprint density at radius 1 is 1.33 bits per heavy atom. The third-order valence-corrected chi connectivity index (χ3v) is 3.48. The fraction of sp³-hybridized carbons (Fsp3) is 0.769. The second-order valence-electron chi connectivity index (χ2n) is 4.73. The summed E-state index contributed by atoms with van der Waals surface area (Å²) in [6.45, 7) is 2.78. The molecule has 1 heterocycles. The van der Waals surface area contributed by atoms with Crippen molar-refractivity contribution in [1.82, 2.24) is 14.8 Å². The van der Waals surface area contributed by atoms with Gasteiger partial charge in [-0.25, -0.2) is 4.98 Å². The molecular formula is C13H21ClN4. The Balaban J connectivity index is 2.67. The van der Waals surface area contributed by atoms with Crippen molar-refractivity contribution in [2.75, 3.05) is 5.88 Å². The summed E-state index contributed by atoms with van der Waals surface area (Å²) in [4.78, 5) is 3.94. The lowest BCUT2D eigenvalue weighted by atomic mass is 9.79. The second kappa shape index (κ2) is 8.10. The van der Waals surface area contributed by atoms with Crippen molar-refractivity contribution in [2.24, 2.45) is 5.41 Å². The Morgan fingerprint density at radius 3 is 2.67 bits per heavy atom. The van der Waals surface area contributed by atoms with E-state index in [0.29, 0.717) is 12.4 Å². The third kappa shape index (κ3) is 4.66. The topological polar surface area (TPSA) is 54.5 Å². The fourth-order valence-corrected chi connectivity index (χ4v) is 2.32. The number of nitriles is 1. The van der Waals surface area contributed by atoms with Crippen molar-refractivity contribution in [1.29, 1.82) is 5.26 Å². The van der Waals surface area contributed by atoms with Gasteiger partial charge in [-0.3, -0.25) is 4.68 Å². The summed E-state index contributed by atoms with van der Waals surface area (Å²) in [5, 5.41) is 13.7. The molecule has 0 aliphatic rings. The van der Waals surface area contributed by atoms with Crippen LogP contribution in [-0.2, 0) is 6.54 Å². The standard InChI is InChI=1S/C13H21ClN4/c1-2-3-6-13(9-15,7-4-5-8-14)10-18-12-16-11-17-18/h11-12H,2-8,10H2,1H3. The van der Waals surface area contributed by atoms with Gasteiger partial charge in [0.05, 0.1) is 18.0 Å². The molecule has 0 aromatic carbocycles. The average molecular weight is 269 g/mol. The van der Waals surface area contributed by atoms with Crippen molar-refractivity contribution in [3.8, 4) is 6.07 Å². The molecule has 1 aromatic rings. The first-order valence-corrected chi connectivity index (χ1v) is 7.09. The molecule has 0 radical (unpaired) electrons. The molecule has 0 aliphatic heterocycles. The molecule has 100 valence electrons. The highest BCUT2D eigenvalue weighted by Gasteiger charge is 2.29. The number of hydrogen-bond acceptors (Lipinski definition) is 3. The summed E-state index contributed by atoms with van der Waals surface area (Å²) in [6.07, 6.45) is 9.14. The fourth-order valence-electron chi connectivity index (χ4n) is 2.13. The predicted molar refractivity (Wildman–Crippen MR) is 72.2 cm³/mol. The third-order valence-electron chi connectivity index (χ3n) is 3.22. The van der Waals surface area contributed by atoms with Gasteiger partial charge < -0.3 is 0 Å². The van der Waals surface area contributed by atoms with Gasteiger partial charge in [-0.15, -0.1) is 11.6 Å². The summed E-state index contributed by atoms with van der Waals surface area (Å²) >= 11 is 5.71. The van der Waals surface area contributed by atoms with E-state index in [1.54, 1.807) is 11.0 Å². The number of hydrogen-bond donors (Lipinski definition) is 0. The van der Waals surface area contributed by atoms with E-state index in [9.17, 15) is 5.26 Å². The largest absolute Gasteiger partial charge is 0.251 e. The summed E-state index contributed by atoms with van der Waals surface area (Å²) < 4.78 is 1.76. The van der Waals surface area contributed by atoms with Crippen LogP contribution in [0, 0.1) is 16.7 Å². The molecule has 0 amide bonds. The maximum absolute atomic E-state index is 9.56. The normalized spacial score (nSPS) is 14.1. The zero-order chi connectivity index (χ0) is 13.3. The van der Waals surface area contributed by atoms with Crippen LogP contribution in [0.4, 0.5) is 0 Å². The number of unbranched alkanes of at least 4 members (excludes halogenated alkanes) is 2. The van der Waals surface area contributed by atoms with Crippen LogP contribution in [0.2, 0.25) is 0 Å². The summed E-state index contributed by atoms with van der Waals surface area (Å²) in [7, 11) is 0. The lowest BCUT2D eigenvalue weighted by Crippen LogP contribution is -2.26. The summed E-state index contributed by atoms with van der Waals surface area (Å²) in [5.74, 6) is 0.665. The van der Waals surface area contributed by atoms with Gasteiger partial charge in [-0.05, 0) is 19.3 Å². The van der Waals surface area contributed by atoms with E-state index in [-0.39, 0.29) is 5.41 Å². The van der Waals surface area contributed by atoms with E-state index in [1.807, 2.05) is 0 Å². The highest BCUT2D eigenvalue weighted by atomic mass is 35.5. The van der Waals surface area contributed by atoms with Crippen LogP contribution in [0.5, 0.6) is 0 Å². The maximum Gasteiger partial charge on any atom is 0.137 e. The van der Waals surface area contributed by atoms with Crippen LogP contribution < -0.4 is 0 Å². The van der Waals surface area contributed by atoms with Crippen LogP contribution >= 0.6 is 11.6 Å².